The Morgan fingerprint density at radius 1 is 0.483 bits per heavy atom. The maximum atomic E-state index is 4.70. The topological polar surface area (TPSA) is 75.2 Å². The average Bonchev–Trinajstić information content (AvgIpc) is 2.73. The number of pyridine rings is 2. The van der Waals surface area contributed by atoms with E-state index in [9.17, 15) is 0 Å². The molecule has 150 valence electrons. The summed E-state index contributed by atoms with van der Waals surface area (Å²) in [7, 11) is 0. The number of aromatic nitrogens is 2. The summed E-state index contributed by atoms with van der Waals surface area (Å²) in [5.74, 6) is 0. The molecule has 2 aromatic heterocycles. The van der Waals surface area contributed by atoms with E-state index in [0.717, 1.165) is 45.6 Å². The molecule has 1 aliphatic heterocycles. The monoisotopic (exact) mass is 533 g/mol. The Bertz CT molecular complexity index is 825. The van der Waals surface area contributed by atoms with Crippen molar-refractivity contribution in [1.29, 1.82) is 0 Å². The SMILES string of the molecule is CC1=NCCN=C(C)c2cccc(n2)C(C)=NCCN=C(C)c2cccc1n2.[Tb+3]. The van der Waals surface area contributed by atoms with Gasteiger partial charge in [-0.3, -0.25) is 20.0 Å². The van der Waals surface area contributed by atoms with Crippen molar-refractivity contribution in [2.24, 2.45) is 20.0 Å². The van der Waals surface area contributed by atoms with Crippen LogP contribution in [0.2, 0.25) is 0 Å². The van der Waals surface area contributed by atoms with Crippen LogP contribution in [-0.4, -0.2) is 59.0 Å². The van der Waals surface area contributed by atoms with Gasteiger partial charge in [-0.05, 0) is 52.0 Å². The number of hydrogen-bond donors (Lipinski definition) is 0. The Morgan fingerprint density at radius 3 is 0.966 bits per heavy atom. The minimum atomic E-state index is 0. The van der Waals surface area contributed by atoms with Crippen LogP contribution in [0.25, 0.3) is 0 Å². The first-order valence-electron chi connectivity index (χ1n) is 9.54. The van der Waals surface area contributed by atoms with E-state index in [1.165, 1.54) is 0 Å². The van der Waals surface area contributed by atoms with Crippen LogP contribution >= 0.6 is 0 Å². The molecule has 0 amide bonds. The molecule has 0 fully saturated rings. The van der Waals surface area contributed by atoms with Crippen molar-refractivity contribution in [2.45, 2.75) is 27.7 Å². The van der Waals surface area contributed by atoms with Gasteiger partial charge in [0.05, 0.1) is 71.8 Å². The van der Waals surface area contributed by atoms with Gasteiger partial charge in [0.25, 0.3) is 0 Å². The molecule has 3 rings (SSSR count). The van der Waals surface area contributed by atoms with Crippen LogP contribution in [-0.2, 0) is 0 Å². The number of fused-ring (bicyclic) bond motifs is 4. The molecule has 2 aromatic rings. The van der Waals surface area contributed by atoms with Crippen molar-refractivity contribution in [3.8, 4) is 0 Å². The Morgan fingerprint density at radius 2 is 0.724 bits per heavy atom. The van der Waals surface area contributed by atoms with Crippen molar-refractivity contribution in [3.05, 3.63) is 59.2 Å². The molecule has 29 heavy (non-hydrogen) atoms. The van der Waals surface area contributed by atoms with Crippen LogP contribution in [0.3, 0.4) is 0 Å². The summed E-state index contributed by atoms with van der Waals surface area (Å²) in [4.78, 5) is 27.9. The zero-order valence-corrected chi connectivity index (χ0v) is 19.4. The number of hydrogen-bond acceptors (Lipinski definition) is 6. The molecule has 0 unspecified atom stereocenters. The van der Waals surface area contributed by atoms with E-state index < -0.39 is 0 Å². The van der Waals surface area contributed by atoms with Gasteiger partial charge in [0.1, 0.15) is 0 Å². The maximum absolute atomic E-state index is 4.70. The van der Waals surface area contributed by atoms with E-state index in [1.807, 2.05) is 64.1 Å². The van der Waals surface area contributed by atoms with Gasteiger partial charge in [-0.2, -0.15) is 0 Å². The number of nitrogens with zero attached hydrogens (tertiary/aromatic N) is 6. The molecule has 0 aliphatic carbocycles. The fourth-order valence-electron chi connectivity index (χ4n) is 2.87. The molecule has 0 saturated heterocycles. The molecular weight excluding hydrogens is 507 g/mol. The molecular formula is C22H26N6Tb+3. The molecule has 6 nitrogen and oxygen atoms in total. The zero-order chi connectivity index (χ0) is 19.9. The fourth-order valence-corrected chi connectivity index (χ4v) is 2.87. The summed E-state index contributed by atoms with van der Waals surface area (Å²) >= 11 is 0. The van der Waals surface area contributed by atoms with Gasteiger partial charge in [-0.25, -0.2) is 9.97 Å². The van der Waals surface area contributed by atoms with Crippen LogP contribution in [0.4, 0.5) is 0 Å². The summed E-state index contributed by atoms with van der Waals surface area (Å²) in [6.45, 7) is 10.4. The average molecular weight is 533 g/mol. The third kappa shape index (κ3) is 6.64. The normalized spacial score (nSPS) is 15.6. The van der Waals surface area contributed by atoms with Gasteiger partial charge in [-0.15, -0.1) is 0 Å². The quantitative estimate of drug-likeness (QED) is 0.521. The van der Waals surface area contributed by atoms with Crippen LogP contribution in [0.5, 0.6) is 0 Å². The molecule has 0 radical (unpaired) electrons. The van der Waals surface area contributed by atoms with Crippen LogP contribution in [0.15, 0.2) is 56.4 Å². The predicted octanol–water partition coefficient (Wildman–Crippen LogP) is 3.43. The van der Waals surface area contributed by atoms with E-state index in [1.54, 1.807) is 0 Å². The van der Waals surface area contributed by atoms with Gasteiger partial charge in [-0.1, -0.05) is 12.1 Å². The van der Waals surface area contributed by atoms with Crippen LogP contribution < -0.4 is 0 Å². The maximum Gasteiger partial charge on any atom is 3.00 e. The number of aliphatic imine (C=N–C) groups is 4. The second-order valence-electron chi connectivity index (χ2n) is 6.68. The first-order valence-corrected chi connectivity index (χ1v) is 9.54. The van der Waals surface area contributed by atoms with Crippen molar-refractivity contribution in [1.82, 2.24) is 9.97 Å². The Labute approximate surface area is 203 Å². The Hall–Kier alpha value is -1.73. The Kier molecular flexibility index (Phi) is 9.30. The predicted molar refractivity (Wildman–Crippen MR) is 117 cm³/mol. The molecule has 1 aliphatic rings. The molecule has 0 saturated carbocycles. The third-order valence-electron chi connectivity index (χ3n) is 4.58. The molecule has 7 heteroatoms. The summed E-state index contributed by atoms with van der Waals surface area (Å²) in [5, 5.41) is 0. The summed E-state index contributed by atoms with van der Waals surface area (Å²) in [6, 6.07) is 11.9. The molecule has 0 N–H and O–H groups in total. The largest absolute Gasteiger partial charge is 3.00 e. The van der Waals surface area contributed by atoms with Gasteiger partial charge in [0.15, 0.2) is 0 Å². The van der Waals surface area contributed by atoms with E-state index in [0.29, 0.717) is 26.2 Å². The van der Waals surface area contributed by atoms with Crippen molar-refractivity contribution in [2.75, 3.05) is 26.2 Å². The molecule has 0 aromatic carbocycles. The van der Waals surface area contributed by atoms with Gasteiger partial charge >= 0.3 is 38.6 Å². The fraction of sp³-hybridized carbons (Fsp3) is 0.364. The van der Waals surface area contributed by atoms with Gasteiger partial charge in [0, 0.05) is 0 Å². The van der Waals surface area contributed by atoms with Crippen LogP contribution in [0.1, 0.15) is 50.5 Å². The number of rotatable bonds is 0. The molecule has 3 heterocycles. The minimum absolute atomic E-state index is 0. The second kappa shape index (κ2) is 11.5. The molecule has 0 spiro atoms. The van der Waals surface area contributed by atoms with E-state index >= 15 is 0 Å². The second-order valence-corrected chi connectivity index (χ2v) is 6.68. The van der Waals surface area contributed by atoms with E-state index in [2.05, 4.69) is 20.0 Å². The van der Waals surface area contributed by atoms with Crippen molar-refractivity contribution < 1.29 is 38.6 Å². The van der Waals surface area contributed by atoms with Gasteiger partial charge < -0.3 is 0 Å². The van der Waals surface area contributed by atoms with Gasteiger partial charge in [0.2, 0.25) is 0 Å². The summed E-state index contributed by atoms with van der Waals surface area (Å²) in [6.07, 6.45) is 0. The van der Waals surface area contributed by atoms with Crippen molar-refractivity contribution in [3.63, 3.8) is 0 Å². The first-order chi connectivity index (χ1) is 13.5. The summed E-state index contributed by atoms with van der Waals surface area (Å²) < 4.78 is 0. The standard InChI is InChI=1S/C22H26N6.Tb/c1-15-19-7-5-8-20(27-19)16(2)25-13-14-26-18(4)22-10-6-9-21(28-22)17(3)24-12-11-23-15;/h5-10H,11-14H2,1-4H3;/q;+3. The minimum Gasteiger partial charge on any atom is -0.286 e. The van der Waals surface area contributed by atoms with Crippen LogP contribution in [0, 0.1) is 38.6 Å². The summed E-state index contributed by atoms with van der Waals surface area (Å²) in [5.41, 5.74) is 7.12. The smallest absolute Gasteiger partial charge is 0.286 e. The zero-order valence-electron chi connectivity index (χ0n) is 17.3. The third-order valence-corrected chi connectivity index (χ3v) is 4.58. The molecule has 0 atom stereocenters. The Balaban J connectivity index is 0.00000300. The first kappa shape index (κ1) is 23.5. The van der Waals surface area contributed by atoms with E-state index in [-0.39, 0.29) is 38.6 Å². The molecule has 4 bridgehead atoms. The van der Waals surface area contributed by atoms with Crippen molar-refractivity contribution >= 4 is 22.8 Å². The van der Waals surface area contributed by atoms with E-state index in [4.69, 9.17) is 9.97 Å².